The lowest BCUT2D eigenvalue weighted by atomic mass is 9.91. The normalized spacial score (nSPS) is 14.6. The standard InChI is InChI=1S/C19H19ClO2/c1-2-15-16-8-6-13(21)10-12(16)4-3-5-17(15)18-9-7-14(22)11-19(18)20/h6-11,21-22H,2-5H2,1H3. The number of hydrogen-bond donors (Lipinski definition) is 2. The topological polar surface area (TPSA) is 40.5 Å². The van der Waals surface area contributed by atoms with E-state index in [2.05, 4.69) is 6.92 Å². The Morgan fingerprint density at radius 3 is 2.32 bits per heavy atom. The number of halogens is 1. The number of phenolic OH excluding ortho intramolecular Hbond substituents is 2. The van der Waals surface area contributed by atoms with Crippen LogP contribution in [0.1, 0.15) is 42.9 Å². The fourth-order valence-corrected chi connectivity index (χ4v) is 3.59. The van der Waals surface area contributed by atoms with Gasteiger partial charge in [-0.2, -0.15) is 0 Å². The van der Waals surface area contributed by atoms with Gasteiger partial charge in [-0.3, -0.25) is 0 Å². The summed E-state index contributed by atoms with van der Waals surface area (Å²) < 4.78 is 0. The molecule has 0 bridgehead atoms. The maximum Gasteiger partial charge on any atom is 0.117 e. The van der Waals surface area contributed by atoms with Gasteiger partial charge in [-0.1, -0.05) is 24.6 Å². The van der Waals surface area contributed by atoms with E-state index in [1.54, 1.807) is 18.2 Å². The number of aromatic hydroxyl groups is 2. The van der Waals surface area contributed by atoms with Crippen LogP contribution < -0.4 is 0 Å². The third-order valence-electron chi connectivity index (χ3n) is 4.28. The highest BCUT2D eigenvalue weighted by atomic mass is 35.5. The molecular formula is C19H19ClO2. The first-order valence-corrected chi connectivity index (χ1v) is 8.01. The van der Waals surface area contributed by atoms with Gasteiger partial charge in [0.05, 0.1) is 5.02 Å². The molecule has 3 rings (SSSR count). The van der Waals surface area contributed by atoms with Crippen molar-refractivity contribution in [3.63, 3.8) is 0 Å². The Morgan fingerprint density at radius 1 is 0.955 bits per heavy atom. The van der Waals surface area contributed by atoms with E-state index in [-0.39, 0.29) is 5.75 Å². The van der Waals surface area contributed by atoms with Crippen molar-refractivity contribution in [3.8, 4) is 11.5 Å². The first-order chi connectivity index (χ1) is 10.6. The number of benzene rings is 2. The van der Waals surface area contributed by atoms with E-state index in [0.717, 1.165) is 31.2 Å². The van der Waals surface area contributed by atoms with E-state index < -0.39 is 0 Å². The first-order valence-electron chi connectivity index (χ1n) is 7.63. The second-order valence-corrected chi connectivity index (χ2v) is 6.08. The molecule has 2 nitrogen and oxygen atoms in total. The van der Waals surface area contributed by atoms with Crippen molar-refractivity contribution >= 4 is 22.7 Å². The lowest BCUT2D eigenvalue weighted by molar-refractivity contribution is 0.474. The molecule has 0 unspecified atom stereocenters. The van der Waals surface area contributed by atoms with E-state index in [9.17, 15) is 10.2 Å². The van der Waals surface area contributed by atoms with Gasteiger partial charge in [-0.15, -0.1) is 0 Å². The minimum Gasteiger partial charge on any atom is -0.508 e. The Bertz CT molecular complexity index is 747. The van der Waals surface area contributed by atoms with Gasteiger partial charge in [0.1, 0.15) is 11.5 Å². The van der Waals surface area contributed by atoms with Crippen molar-refractivity contribution in [2.45, 2.75) is 32.6 Å². The number of fused-ring (bicyclic) bond motifs is 1. The quantitative estimate of drug-likeness (QED) is 0.778. The average molecular weight is 315 g/mol. The van der Waals surface area contributed by atoms with Crippen LogP contribution in [0.3, 0.4) is 0 Å². The van der Waals surface area contributed by atoms with Crippen LogP contribution in [0.5, 0.6) is 11.5 Å². The van der Waals surface area contributed by atoms with Crippen molar-refractivity contribution < 1.29 is 10.2 Å². The molecule has 0 radical (unpaired) electrons. The van der Waals surface area contributed by atoms with Gasteiger partial charge in [0, 0.05) is 0 Å². The summed E-state index contributed by atoms with van der Waals surface area (Å²) in [6, 6.07) is 10.8. The molecular weight excluding hydrogens is 296 g/mol. The zero-order chi connectivity index (χ0) is 15.7. The number of phenols is 2. The van der Waals surface area contributed by atoms with Gasteiger partial charge >= 0.3 is 0 Å². The van der Waals surface area contributed by atoms with Gasteiger partial charge < -0.3 is 10.2 Å². The molecule has 0 saturated carbocycles. The Morgan fingerprint density at radius 2 is 1.64 bits per heavy atom. The molecule has 22 heavy (non-hydrogen) atoms. The number of allylic oxidation sites excluding steroid dienone is 2. The third-order valence-corrected chi connectivity index (χ3v) is 4.60. The second-order valence-electron chi connectivity index (χ2n) is 5.67. The minimum absolute atomic E-state index is 0.186. The summed E-state index contributed by atoms with van der Waals surface area (Å²) in [7, 11) is 0. The summed E-state index contributed by atoms with van der Waals surface area (Å²) in [4.78, 5) is 0. The number of hydrogen-bond acceptors (Lipinski definition) is 2. The van der Waals surface area contributed by atoms with Crippen LogP contribution in [-0.4, -0.2) is 10.2 Å². The zero-order valence-corrected chi connectivity index (χ0v) is 13.3. The van der Waals surface area contributed by atoms with Gasteiger partial charge in [0.15, 0.2) is 0 Å². The van der Waals surface area contributed by atoms with Crippen LogP contribution in [0.4, 0.5) is 0 Å². The maximum absolute atomic E-state index is 9.73. The molecule has 0 heterocycles. The van der Waals surface area contributed by atoms with E-state index in [4.69, 9.17) is 11.6 Å². The molecule has 2 aromatic carbocycles. The average Bonchev–Trinajstić information content (AvgIpc) is 2.65. The number of aryl methyl sites for hydroxylation is 1. The highest BCUT2D eigenvalue weighted by molar-refractivity contribution is 6.32. The summed E-state index contributed by atoms with van der Waals surface area (Å²) in [5.41, 5.74) is 5.92. The van der Waals surface area contributed by atoms with Crippen molar-refractivity contribution in [3.05, 3.63) is 58.1 Å². The SMILES string of the molecule is CCC1=C(c2ccc(O)cc2Cl)CCCc2cc(O)ccc21. The summed E-state index contributed by atoms with van der Waals surface area (Å²) in [5, 5.41) is 19.9. The maximum atomic E-state index is 9.73. The molecule has 1 aliphatic carbocycles. The third kappa shape index (κ3) is 2.71. The van der Waals surface area contributed by atoms with Crippen molar-refractivity contribution in [1.82, 2.24) is 0 Å². The molecule has 114 valence electrons. The molecule has 0 spiro atoms. The highest BCUT2D eigenvalue weighted by Gasteiger charge is 2.19. The lowest BCUT2D eigenvalue weighted by Gasteiger charge is -2.15. The first kappa shape index (κ1) is 15.0. The smallest absolute Gasteiger partial charge is 0.117 e. The fourth-order valence-electron chi connectivity index (χ4n) is 3.30. The van der Waals surface area contributed by atoms with Crippen LogP contribution >= 0.6 is 11.6 Å². The van der Waals surface area contributed by atoms with Crippen molar-refractivity contribution in [1.29, 1.82) is 0 Å². The molecule has 0 saturated heterocycles. The Kier molecular flexibility index (Phi) is 4.12. The summed E-state index contributed by atoms with van der Waals surface area (Å²) in [6.45, 7) is 2.14. The monoisotopic (exact) mass is 314 g/mol. The molecule has 1 aliphatic rings. The lowest BCUT2D eigenvalue weighted by Crippen LogP contribution is -1.93. The summed E-state index contributed by atoms with van der Waals surface area (Å²) >= 11 is 6.36. The fraction of sp³-hybridized carbons (Fsp3) is 0.263. The van der Waals surface area contributed by atoms with Gasteiger partial charge in [0.2, 0.25) is 0 Å². The minimum atomic E-state index is 0.186. The predicted octanol–water partition coefficient (Wildman–Crippen LogP) is 5.41. The van der Waals surface area contributed by atoms with E-state index in [0.29, 0.717) is 10.8 Å². The van der Waals surface area contributed by atoms with E-state index >= 15 is 0 Å². The molecule has 2 aromatic rings. The van der Waals surface area contributed by atoms with Crippen molar-refractivity contribution in [2.24, 2.45) is 0 Å². The van der Waals surface area contributed by atoms with Crippen LogP contribution in [0.15, 0.2) is 36.4 Å². The van der Waals surface area contributed by atoms with Gasteiger partial charge in [-0.05, 0) is 83.9 Å². The Hall–Kier alpha value is -1.93. The van der Waals surface area contributed by atoms with Crippen LogP contribution in [0.2, 0.25) is 5.02 Å². The Balaban J connectivity index is 2.21. The van der Waals surface area contributed by atoms with Crippen LogP contribution in [0.25, 0.3) is 11.1 Å². The molecule has 0 amide bonds. The zero-order valence-electron chi connectivity index (χ0n) is 12.6. The Labute approximate surface area is 135 Å². The van der Waals surface area contributed by atoms with Crippen LogP contribution in [-0.2, 0) is 6.42 Å². The van der Waals surface area contributed by atoms with Gasteiger partial charge in [0.25, 0.3) is 0 Å². The molecule has 0 atom stereocenters. The van der Waals surface area contributed by atoms with Crippen LogP contribution in [0, 0.1) is 0 Å². The summed E-state index contributed by atoms with van der Waals surface area (Å²) in [5.74, 6) is 0.506. The highest BCUT2D eigenvalue weighted by Crippen LogP contribution is 2.41. The summed E-state index contributed by atoms with van der Waals surface area (Å²) in [6.07, 6.45) is 3.83. The van der Waals surface area contributed by atoms with E-state index in [1.807, 2.05) is 18.2 Å². The van der Waals surface area contributed by atoms with Gasteiger partial charge in [-0.25, -0.2) is 0 Å². The van der Waals surface area contributed by atoms with Crippen molar-refractivity contribution in [2.75, 3.05) is 0 Å². The molecule has 3 heteroatoms. The molecule has 0 aromatic heterocycles. The molecule has 0 aliphatic heterocycles. The second kappa shape index (κ2) is 6.05. The molecule has 2 N–H and O–H groups in total. The largest absolute Gasteiger partial charge is 0.508 e. The number of rotatable bonds is 2. The van der Waals surface area contributed by atoms with E-state index in [1.165, 1.54) is 22.3 Å². The molecule has 0 fully saturated rings. The predicted molar refractivity (Wildman–Crippen MR) is 91.3 cm³/mol.